The fourth-order valence-electron chi connectivity index (χ4n) is 2.72. The fourth-order valence-corrected chi connectivity index (χ4v) is 4.28. The Morgan fingerprint density at radius 3 is 2.79 bits per heavy atom. The molecule has 1 aromatic carbocycles. The largest absolute Gasteiger partial charge is 0.387 e. The van der Waals surface area contributed by atoms with Crippen molar-refractivity contribution < 1.29 is 5.11 Å². The van der Waals surface area contributed by atoms with Gasteiger partial charge in [-0.15, -0.1) is 11.3 Å². The zero-order valence-electron chi connectivity index (χ0n) is 10.9. The predicted molar refractivity (Wildman–Crippen MR) is 83.9 cm³/mol. The van der Waals surface area contributed by atoms with E-state index in [0.29, 0.717) is 6.42 Å². The second-order valence-electron chi connectivity index (χ2n) is 5.28. The van der Waals surface area contributed by atoms with Crippen molar-refractivity contribution in [1.82, 2.24) is 0 Å². The number of aliphatic hydroxyl groups excluding tert-OH is 1. The van der Waals surface area contributed by atoms with Gasteiger partial charge in [0.2, 0.25) is 0 Å². The number of fused-ring (bicyclic) bond motifs is 1. The summed E-state index contributed by atoms with van der Waals surface area (Å²) in [4.78, 5) is 1.05. The molecule has 100 valence electrons. The first-order valence-corrected chi connectivity index (χ1v) is 8.29. The highest BCUT2D eigenvalue weighted by Gasteiger charge is 2.15. The van der Waals surface area contributed by atoms with E-state index in [1.807, 2.05) is 0 Å². The summed E-state index contributed by atoms with van der Waals surface area (Å²) in [6.07, 6.45) is 4.01. The number of hydrogen-bond acceptors (Lipinski definition) is 2. The molecule has 1 aromatic heterocycles. The highest BCUT2D eigenvalue weighted by atomic mass is 79.9. The smallest absolute Gasteiger partial charge is 0.0922 e. The van der Waals surface area contributed by atoms with E-state index in [1.54, 1.807) is 11.3 Å². The first kappa shape index (κ1) is 13.3. The number of thiophene rings is 1. The van der Waals surface area contributed by atoms with Crippen LogP contribution < -0.4 is 0 Å². The monoisotopic (exact) mass is 336 g/mol. The van der Waals surface area contributed by atoms with Gasteiger partial charge in [-0.3, -0.25) is 0 Å². The van der Waals surface area contributed by atoms with Crippen LogP contribution in [0.5, 0.6) is 0 Å². The van der Waals surface area contributed by atoms with Crippen molar-refractivity contribution in [3.63, 3.8) is 0 Å². The number of aliphatic hydroxyl groups is 1. The van der Waals surface area contributed by atoms with E-state index in [9.17, 15) is 5.11 Å². The molecule has 19 heavy (non-hydrogen) atoms. The average Bonchev–Trinajstić information content (AvgIpc) is 2.96. The van der Waals surface area contributed by atoms with Gasteiger partial charge in [0.1, 0.15) is 0 Å². The molecule has 0 radical (unpaired) electrons. The van der Waals surface area contributed by atoms with Crippen LogP contribution in [-0.4, -0.2) is 5.11 Å². The molecule has 2 aromatic rings. The topological polar surface area (TPSA) is 20.2 Å². The number of rotatable bonds is 3. The summed E-state index contributed by atoms with van der Waals surface area (Å²) in [5, 5.41) is 10.3. The van der Waals surface area contributed by atoms with Crippen LogP contribution in [0.1, 0.15) is 39.7 Å². The quantitative estimate of drug-likeness (QED) is 0.869. The van der Waals surface area contributed by atoms with Gasteiger partial charge in [0, 0.05) is 11.3 Å². The second kappa shape index (κ2) is 5.39. The molecule has 1 aliphatic carbocycles. The van der Waals surface area contributed by atoms with Crippen LogP contribution in [-0.2, 0) is 19.3 Å². The Balaban J connectivity index is 1.77. The zero-order chi connectivity index (χ0) is 13.4. The van der Waals surface area contributed by atoms with Gasteiger partial charge in [0.05, 0.1) is 9.89 Å². The van der Waals surface area contributed by atoms with Crippen LogP contribution in [0.25, 0.3) is 0 Å². The molecule has 1 heterocycles. The third-order valence-electron chi connectivity index (χ3n) is 3.80. The third-order valence-corrected chi connectivity index (χ3v) is 6.03. The van der Waals surface area contributed by atoms with E-state index in [4.69, 9.17) is 0 Å². The van der Waals surface area contributed by atoms with Gasteiger partial charge in [-0.2, -0.15) is 0 Å². The van der Waals surface area contributed by atoms with E-state index in [1.165, 1.54) is 41.5 Å². The Kier molecular flexibility index (Phi) is 3.79. The Labute approximate surface area is 126 Å². The third kappa shape index (κ3) is 2.78. The van der Waals surface area contributed by atoms with Crippen LogP contribution >= 0.6 is 27.3 Å². The minimum atomic E-state index is -0.394. The van der Waals surface area contributed by atoms with Crippen LogP contribution in [0.4, 0.5) is 0 Å². The van der Waals surface area contributed by atoms with Gasteiger partial charge < -0.3 is 5.11 Å². The molecule has 3 heteroatoms. The van der Waals surface area contributed by atoms with Crippen molar-refractivity contribution >= 4 is 27.3 Å². The lowest BCUT2D eigenvalue weighted by molar-refractivity contribution is 0.182. The SMILES string of the molecule is Cc1cc(C(O)Cc2ccc3c(c2)CCC3)sc1Br. The first-order valence-electron chi connectivity index (χ1n) is 6.68. The van der Waals surface area contributed by atoms with E-state index < -0.39 is 6.10 Å². The molecule has 0 fully saturated rings. The minimum absolute atomic E-state index is 0.394. The summed E-state index contributed by atoms with van der Waals surface area (Å²) in [6.45, 7) is 2.06. The van der Waals surface area contributed by atoms with Crippen molar-refractivity contribution in [2.45, 2.75) is 38.7 Å². The molecule has 0 amide bonds. The molecule has 0 spiro atoms. The Hall–Kier alpha value is -0.640. The summed E-state index contributed by atoms with van der Waals surface area (Å²) in [7, 11) is 0. The van der Waals surface area contributed by atoms with Crippen molar-refractivity contribution in [2.24, 2.45) is 0 Å². The summed E-state index contributed by atoms with van der Waals surface area (Å²) in [6, 6.07) is 8.76. The van der Waals surface area contributed by atoms with Crippen LogP contribution in [0, 0.1) is 6.92 Å². The normalized spacial score (nSPS) is 15.5. The van der Waals surface area contributed by atoms with E-state index >= 15 is 0 Å². The lowest BCUT2D eigenvalue weighted by Gasteiger charge is -2.10. The van der Waals surface area contributed by atoms with Crippen molar-refractivity contribution in [1.29, 1.82) is 0 Å². The number of hydrogen-bond donors (Lipinski definition) is 1. The van der Waals surface area contributed by atoms with Gasteiger partial charge in [0.15, 0.2) is 0 Å². The Morgan fingerprint density at radius 2 is 2.05 bits per heavy atom. The predicted octanol–water partition coefficient (Wildman–Crippen LogP) is 4.58. The average molecular weight is 337 g/mol. The van der Waals surface area contributed by atoms with Crippen LogP contribution in [0.3, 0.4) is 0 Å². The Bertz CT molecular complexity index is 583. The summed E-state index contributed by atoms with van der Waals surface area (Å²) in [5.41, 5.74) is 5.42. The highest BCUT2D eigenvalue weighted by molar-refractivity contribution is 9.11. The van der Waals surface area contributed by atoms with Gasteiger partial charge in [0.25, 0.3) is 0 Å². The summed E-state index contributed by atoms with van der Waals surface area (Å²) in [5.74, 6) is 0. The van der Waals surface area contributed by atoms with Gasteiger partial charge in [-0.25, -0.2) is 0 Å². The standard InChI is InChI=1S/C16H17BrOS/c1-10-7-15(19-16(10)17)14(18)9-11-5-6-12-3-2-4-13(12)8-11/h5-8,14,18H,2-4,9H2,1H3. The van der Waals surface area contributed by atoms with Crippen molar-refractivity contribution in [3.8, 4) is 0 Å². The first-order chi connectivity index (χ1) is 9.13. The summed E-state index contributed by atoms with van der Waals surface area (Å²) >= 11 is 5.15. The molecule has 0 saturated carbocycles. The van der Waals surface area contributed by atoms with Gasteiger partial charge in [-0.05, 0) is 70.4 Å². The van der Waals surface area contributed by atoms with Crippen LogP contribution in [0.15, 0.2) is 28.1 Å². The number of halogens is 1. The highest BCUT2D eigenvalue weighted by Crippen LogP contribution is 2.33. The second-order valence-corrected chi connectivity index (χ2v) is 7.68. The molecule has 1 nitrogen and oxygen atoms in total. The molecule has 1 aliphatic rings. The Morgan fingerprint density at radius 1 is 1.26 bits per heavy atom. The van der Waals surface area contributed by atoms with Crippen molar-refractivity contribution in [3.05, 3.63) is 55.2 Å². The van der Waals surface area contributed by atoms with Crippen molar-refractivity contribution in [2.75, 3.05) is 0 Å². The number of aryl methyl sites for hydroxylation is 3. The molecule has 0 saturated heterocycles. The number of benzene rings is 1. The van der Waals surface area contributed by atoms with Gasteiger partial charge in [-0.1, -0.05) is 18.2 Å². The van der Waals surface area contributed by atoms with Gasteiger partial charge >= 0.3 is 0 Å². The fraction of sp³-hybridized carbons (Fsp3) is 0.375. The summed E-state index contributed by atoms with van der Waals surface area (Å²) < 4.78 is 1.12. The maximum atomic E-state index is 10.3. The van der Waals surface area contributed by atoms with E-state index in [-0.39, 0.29) is 0 Å². The zero-order valence-corrected chi connectivity index (χ0v) is 13.4. The molecule has 1 unspecified atom stereocenters. The molecular formula is C16H17BrOS. The molecule has 0 aliphatic heterocycles. The molecule has 0 bridgehead atoms. The lowest BCUT2D eigenvalue weighted by Crippen LogP contribution is -2.00. The maximum absolute atomic E-state index is 10.3. The molecule has 3 rings (SSSR count). The van der Waals surface area contributed by atoms with E-state index in [0.717, 1.165) is 8.66 Å². The molecule has 1 atom stereocenters. The minimum Gasteiger partial charge on any atom is -0.387 e. The molecule has 1 N–H and O–H groups in total. The maximum Gasteiger partial charge on any atom is 0.0922 e. The molecular weight excluding hydrogens is 320 g/mol. The van der Waals surface area contributed by atoms with Crippen LogP contribution in [0.2, 0.25) is 0 Å². The van der Waals surface area contributed by atoms with E-state index in [2.05, 4.69) is 47.1 Å². The lowest BCUT2D eigenvalue weighted by atomic mass is 10.0.